The largest absolute Gasteiger partial charge is 0.488 e. The SMILES string of the molecule is Brc1c2oc3ccc(-n4c5ccccc5c5ccccc54)cc3c2c(Br)c2oc3ccc(-n4c5ccccc5c5ccccc54)cc3c12.OB(O)c1ccccc1.c1ccc(-c2c3oc4ccc(-n5c6ccccc6c6ccccc65)cc4c3c(-c3ccccc3)c3oc4ccc(-n5c6ccccc6c6ccccc65)cc4c23)cc1. The summed E-state index contributed by atoms with van der Waals surface area (Å²) in [5.74, 6) is 0. The van der Waals surface area contributed by atoms with Crippen molar-refractivity contribution >= 4 is 219 Å². The summed E-state index contributed by atoms with van der Waals surface area (Å²) in [5, 5.41) is 35.2. The van der Waals surface area contributed by atoms with Gasteiger partial charge in [0.2, 0.25) is 0 Å². The molecule has 17 aromatic carbocycles. The van der Waals surface area contributed by atoms with Gasteiger partial charge in [0, 0.05) is 120 Å². The van der Waals surface area contributed by atoms with Gasteiger partial charge >= 0.3 is 7.12 Å². The molecule has 0 saturated carbocycles. The Bertz CT molecular complexity index is 7630. The minimum Gasteiger partial charge on any atom is -0.455 e. The number of fused-ring (bicyclic) bond motifs is 24. The molecule has 0 unspecified atom stereocenters. The van der Waals surface area contributed by atoms with E-state index < -0.39 is 7.12 Å². The molecule has 0 atom stereocenters. The van der Waals surface area contributed by atoms with Crippen molar-refractivity contribution in [2.45, 2.75) is 0 Å². The highest BCUT2D eigenvalue weighted by atomic mass is 79.9. The molecule has 0 amide bonds. The normalized spacial score (nSPS) is 12.0. The second-order valence-electron chi connectivity index (χ2n) is 29.3. The minimum atomic E-state index is -1.34. The van der Waals surface area contributed by atoms with E-state index in [1.807, 2.05) is 6.07 Å². The van der Waals surface area contributed by atoms with Crippen LogP contribution in [0.25, 0.3) is 220 Å². The van der Waals surface area contributed by atoms with Crippen molar-refractivity contribution in [3.8, 4) is 45.0 Å². The first-order chi connectivity index (χ1) is 56.8. The van der Waals surface area contributed by atoms with Crippen LogP contribution in [0, 0.1) is 0 Å². The second kappa shape index (κ2) is 26.4. The van der Waals surface area contributed by atoms with Crippen LogP contribution in [0.1, 0.15) is 0 Å². The van der Waals surface area contributed by atoms with Crippen LogP contribution in [-0.4, -0.2) is 35.4 Å². The van der Waals surface area contributed by atoms with E-state index in [0.29, 0.717) is 5.46 Å². The number of para-hydroxylation sites is 8. The maximum absolute atomic E-state index is 8.58. The molecule has 13 heteroatoms. The summed E-state index contributed by atoms with van der Waals surface area (Å²) in [6, 6.07) is 125. The lowest BCUT2D eigenvalue weighted by Gasteiger charge is -2.12. The van der Waals surface area contributed by atoms with Gasteiger partial charge in [0.25, 0.3) is 0 Å². The Balaban J connectivity index is 0.000000124. The van der Waals surface area contributed by atoms with Crippen LogP contribution in [0.4, 0.5) is 0 Å². The van der Waals surface area contributed by atoms with Crippen LogP contribution in [0.5, 0.6) is 0 Å². The molecule has 0 aliphatic heterocycles. The first-order valence-corrected chi connectivity index (χ1v) is 39.9. The highest BCUT2D eigenvalue weighted by Gasteiger charge is 2.30. The summed E-state index contributed by atoms with van der Waals surface area (Å²) >= 11 is 7.97. The maximum Gasteiger partial charge on any atom is 0.488 e. The summed E-state index contributed by atoms with van der Waals surface area (Å²) in [6.07, 6.45) is 0. The molecule has 115 heavy (non-hydrogen) atoms. The molecule has 8 heterocycles. The highest BCUT2D eigenvalue weighted by Crippen LogP contribution is 2.53. The summed E-state index contributed by atoms with van der Waals surface area (Å²) in [6.45, 7) is 0. The lowest BCUT2D eigenvalue weighted by Crippen LogP contribution is -2.29. The van der Waals surface area contributed by atoms with Gasteiger partial charge in [-0.3, -0.25) is 0 Å². The molecular formula is C102H61BBr2N4O6. The maximum atomic E-state index is 8.58. The number of halogens is 2. The van der Waals surface area contributed by atoms with Gasteiger partial charge in [0.1, 0.15) is 33.5 Å². The predicted molar refractivity (Wildman–Crippen MR) is 482 cm³/mol. The number of aromatic nitrogens is 4. The van der Waals surface area contributed by atoms with Gasteiger partial charge in [-0.25, -0.2) is 0 Å². The molecule has 0 bridgehead atoms. The third-order valence-corrected chi connectivity index (χ3v) is 24.6. The van der Waals surface area contributed by atoms with Crippen LogP contribution in [0.2, 0.25) is 0 Å². The van der Waals surface area contributed by atoms with E-state index >= 15 is 0 Å². The quantitative estimate of drug-likeness (QED) is 0.154. The number of furan rings is 4. The molecule has 0 aliphatic carbocycles. The summed E-state index contributed by atoms with van der Waals surface area (Å²) in [4.78, 5) is 0. The van der Waals surface area contributed by atoms with Crippen LogP contribution in [-0.2, 0) is 0 Å². The molecular weight excluding hydrogens is 1550 g/mol. The predicted octanol–water partition coefficient (Wildman–Crippen LogP) is 27.6. The first-order valence-electron chi connectivity index (χ1n) is 38.3. The fourth-order valence-corrected chi connectivity index (χ4v) is 19.5. The lowest BCUT2D eigenvalue weighted by molar-refractivity contribution is 0.426. The average molecular weight is 1610 g/mol. The van der Waals surface area contributed by atoms with Crippen molar-refractivity contribution in [1.29, 1.82) is 0 Å². The van der Waals surface area contributed by atoms with E-state index in [0.717, 1.165) is 142 Å². The van der Waals surface area contributed by atoms with Gasteiger partial charge in [-0.05, 0) is 170 Å². The number of benzene rings is 17. The van der Waals surface area contributed by atoms with Gasteiger partial charge in [0.15, 0.2) is 11.2 Å². The summed E-state index contributed by atoms with van der Waals surface area (Å²) < 4.78 is 38.7. The molecule has 2 N–H and O–H groups in total. The van der Waals surface area contributed by atoms with Gasteiger partial charge in [-0.15, -0.1) is 0 Å². The fraction of sp³-hybridized carbons (Fsp3) is 0. The Morgan fingerprint density at radius 3 is 0.678 bits per heavy atom. The van der Waals surface area contributed by atoms with E-state index in [4.69, 9.17) is 27.7 Å². The topological polar surface area (TPSA) is 113 Å². The third-order valence-electron chi connectivity index (χ3n) is 23.1. The standard InChI is InChI=1S/C54H32N2O2.C42H22Br2N2O2.C6H7BO2/c1-3-15-33(16-4-1)49-51-41-31-35(55-43-23-11-7-19-37(43)38-20-8-12-24-44(38)55)27-29-47(41)58-54(51)50(34-17-5-2-6-18-34)52-42-32-36(28-30-48(42)57-53(49)52)56-45-25-13-9-21-39(45)40-22-10-14-26-46(40)56;43-39-37-29-21-23(45-31-13-5-1-9-25(31)26-10-2-6-14-32(26)45)17-19-35(29)47-41(37)40(44)38-30-22-24(18-20-36(30)48-42(38)39)46-33-15-7-3-11-27(33)28-12-4-8-16-34(28)46;8-7(9)6-4-2-1-3-5-6/h1-32H;1-22H;1-5,8-9H. The van der Waals surface area contributed by atoms with Crippen molar-refractivity contribution in [2.24, 2.45) is 0 Å². The van der Waals surface area contributed by atoms with Gasteiger partial charge in [0.05, 0.1) is 53.1 Å². The molecule has 542 valence electrons. The van der Waals surface area contributed by atoms with E-state index in [-0.39, 0.29) is 0 Å². The van der Waals surface area contributed by atoms with E-state index in [1.54, 1.807) is 24.3 Å². The summed E-state index contributed by atoms with van der Waals surface area (Å²) in [5.41, 5.74) is 24.9. The molecule has 0 spiro atoms. The number of hydrogen-bond acceptors (Lipinski definition) is 6. The van der Waals surface area contributed by atoms with Crippen LogP contribution >= 0.6 is 31.9 Å². The number of hydrogen-bond donors (Lipinski definition) is 2. The van der Waals surface area contributed by atoms with Crippen molar-refractivity contribution < 1.29 is 27.7 Å². The minimum absolute atomic E-state index is 0.525. The fourth-order valence-electron chi connectivity index (χ4n) is 18.1. The third kappa shape index (κ3) is 10.3. The van der Waals surface area contributed by atoms with E-state index in [9.17, 15) is 0 Å². The molecule has 0 aliphatic rings. The molecule has 8 aromatic heterocycles. The van der Waals surface area contributed by atoms with E-state index in [2.05, 4.69) is 378 Å². The Labute approximate surface area is 672 Å². The van der Waals surface area contributed by atoms with Crippen molar-refractivity contribution in [3.05, 3.63) is 367 Å². The zero-order valence-electron chi connectivity index (χ0n) is 61.2. The van der Waals surface area contributed by atoms with Crippen molar-refractivity contribution in [1.82, 2.24) is 18.3 Å². The van der Waals surface area contributed by atoms with Gasteiger partial charge in [-0.1, -0.05) is 237 Å². The van der Waals surface area contributed by atoms with Gasteiger partial charge in [-0.2, -0.15) is 0 Å². The zero-order valence-corrected chi connectivity index (χ0v) is 64.4. The smallest absolute Gasteiger partial charge is 0.455 e. The Hall–Kier alpha value is -13.9. The lowest BCUT2D eigenvalue weighted by atomic mass is 9.81. The van der Waals surface area contributed by atoms with Crippen LogP contribution in [0.3, 0.4) is 0 Å². The average Bonchev–Trinajstić information content (AvgIpc) is 1.54. The Morgan fingerprint density at radius 2 is 0.435 bits per heavy atom. The van der Waals surface area contributed by atoms with Crippen molar-refractivity contribution in [2.75, 3.05) is 0 Å². The second-order valence-corrected chi connectivity index (χ2v) is 30.9. The molecule has 25 aromatic rings. The Morgan fingerprint density at radius 1 is 0.217 bits per heavy atom. The Kier molecular flexibility index (Phi) is 15.3. The van der Waals surface area contributed by atoms with Crippen LogP contribution < -0.4 is 5.46 Å². The summed E-state index contributed by atoms with van der Waals surface area (Å²) in [7, 11) is -1.34. The monoisotopic (exact) mass is 1610 g/mol. The van der Waals surface area contributed by atoms with E-state index in [1.165, 1.54) is 87.2 Å². The first kappa shape index (κ1) is 66.8. The number of nitrogens with zero attached hydrogens (tertiary/aromatic N) is 4. The zero-order chi connectivity index (χ0) is 76.3. The molecule has 0 fully saturated rings. The molecule has 10 nitrogen and oxygen atoms in total. The van der Waals surface area contributed by atoms with Crippen LogP contribution in [0.15, 0.2) is 385 Å². The molecule has 25 rings (SSSR count). The number of rotatable bonds is 7. The van der Waals surface area contributed by atoms with Crippen molar-refractivity contribution in [3.63, 3.8) is 0 Å². The van der Waals surface area contributed by atoms with Gasteiger partial charge < -0.3 is 46.0 Å². The molecule has 0 saturated heterocycles. The molecule has 0 radical (unpaired) electrons. The highest BCUT2D eigenvalue weighted by molar-refractivity contribution is 9.11.